The molecule has 0 aromatic rings. The maximum Gasteiger partial charge on any atom is 0.245 e. The first kappa shape index (κ1) is 11.5. The molecule has 1 aliphatic rings. The number of halogens is 2. The minimum atomic E-state index is -2.65. The van der Waals surface area contributed by atoms with Crippen molar-refractivity contribution >= 4 is 6.21 Å². The van der Waals surface area contributed by atoms with Gasteiger partial charge in [0.05, 0.1) is 18.1 Å². The Morgan fingerprint density at radius 1 is 1.43 bits per heavy atom. The number of nitrogens with one attached hydrogen (secondary N) is 1. The van der Waals surface area contributed by atoms with Crippen LogP contribution in [0.5, 0.6) is 0 Å². The zero-order chi connectivity index (χ0) is 10.7. The molecule has 14 heavy (non-hydrogen) atoms. The molecule has 1 fully saturated rings. The fourth-order valence-electron chi connectivity index (χ4n) is 1.65. The zero-order valence-electron chi connectivity index (χ0n) is 7.61. The molecule has 1 saturated heterocycles. The molecule has 3 unspecified atom stereocenters. The van der Waals surface area contributed by atoms with Crippen molar-refractivity contribution in [1.29, 1.82) is 5.41 Å². The van der Waals surface area contributed by atoms with E-state index in [0.717, 1.165) is 6.21 Å². The third-order valence-electron chi connectivity index (χ3n) is 2.42. The Hall–Kier alpha value is -0.590. The van der Waals surface area contributed by atoms with Crippen molar-refractivity contribution in [2.24, 2.45) is 5.92 Å². The van der Waals surface area contributed by atoms with E-state index in [-0.39, 0.29) is 19.6 Å². The number of rotatable bonds is 3. The van der Waals surface area contributed by atoms with Crippen LogP contribution < -0.4 is 0 Å². The van der Waals surface area contributed by atoms with E-state index in [9.17, 15) is 19.0 Å². The number of piperidine rings is 1. The summed E-state index contributed by atoms with van der Waals surface area (Å²) in [6, 6.07) is 0. The maximum absolute atomic E-state index is 12.4. The van der Waals surface area contributed by atoms with E-state index in [1.807, 2.05) is 0 Å². The molecule has 0 radical (unpaired) electrons. The number of aliphatic hydroxyl groups excluding tert-OH is 2. The Morgan fingerprint density at radius 3 is 2.57 bits per heavy atom. The minimum Gasteiger partial charge on any atom is -0.390 e. The molecule has 0 aromatic heterocycles. The number of likely N-dealkylation sites (tertiary alicyclic amines) is 1. The van der Waals surface area contributed by atoms with E-state index < -0.39 is 24.6 Å². The normalized spacial score (nSPS) is 34.8. The van der Waals surface area contributed by atoms with Crippen LogP contribution in [0.3, 0.4) is 0 Å². The van der Waals surface area contributed by atoms with Gasteiger partial charge in [-0.3, -0.25) is 4.90 Å². The van der Waals surface area contributed by atoms with Gasteiger partial charge in [0.2, 0.25) is 6.43 Å². The van der Waals surface area contributed by atoms with E-state index in [2.05, 4.69) is 0 Å². The van der Waals surface area contributed by atoms with Crippen LogP contribution in [0.2, 0.25) is 0 Å². The summed E-state index contributed by atoms with van der Waals surface area (Å²) in [5.74, 6) is -1.22. The smallest absolute Gasteiger partial charge is 0.245 e. The standard InChI is InChI=1S/C8H14F2N2O2/c9-8(10)5-3-12(2-1-11)4-6(13)7(5)14/h1,5-8,11,13-14H,2-4H2. The molecule has 0 amide bonds. The molecule has 6 heteroatoms. The molecule has 4 nitrogen and oxygen atoms in total. The molecule has 0 spiro atoms. The SMILES string of the molecule is N=CCN1CC(O)C(O)C(C(F)F)C1. The average molecular weight is 208 g/mol. The van der Waals surface area contributed by atoms with Gasteiger partial charge < -0.3 is 15.6 Å². The quantitative estimate of drug-likeness (QED) is 0.550. The second-order valence-corrected chi connectivity index (χ2v) is 3.48. The minimum absolute atomic E-state index is 0.0191. The summed E-state index contributed by atoms with van der Waals surface area (Å²) in [6.07, 6.45) is -4.07. The largest absolute Gasteiger partial charge is 0.390 e. The lowest BCUT2D eigenvalue weighted by Crippen LogP contribution is -2.54. The third-order valence-corrected chi connectivity index (χ3v) is 2.42. The van der Waals surface area contributed by atoms with E-state index in [1.165, 1.54) is 4.90 Å². The highest BCUT2D eigenvalue weighted by Crippen LogP contribution is 2.23. The summed E-state index contributed by atoms with van der Waals surface area (Å²) in [4.78, 5) is 1.53. The Kier molecular flexibility index (Phi) is 3.91. The van der Waals surface area contributed by atoms with Gasteiger partial charge >= 0.3 is 0 Å². The summed E-state index contributed by atoms with van der Waals surface area (Å²) in [7, 11) is 0. The first-order chi connectivity index (χ1) is 6.56. The molecule has 0 bridgehead atoms. The molecular formula is C8H14F2N2O2. The van der Waals surface area contributed by atoms with Crippen molar-refractivity contribution < 1.29 is 19.0 Å². The monoisotopic (exact) mass is 208 g/mol. The van der Waals surface area contributed by atoms with Gasteiger partial charge in [-0.1, -0.05) is 0 Å². The molecule has 1 heterocycles. The number of β-amino-alcohol motifs (C(OH)–C–C–N with tert-alkyl or cyclic N) is 1. The Balaban J connectivity index is 2.61. The lowest BCUT2D eigenvalue weighted by atomic mass is 9.93. The van der Waals surface area contributed by atoms with E-state index in [4.69, 9.17) is 5.41 Å². The van der Waals surface area contributed by atoms with E-state index in [0.29, 0.717) is 0 Å². The molecule has 1 rings (SSSR count). The van der Waals surface area contributed by atoms with Crippen LogP contribution in [0.4, 0.5) is 8.78 Å². The van der Waals surface area contributed by atoms with Gasteiger partial charge in [0.25, 0.3) is 0 Å². The van der Waals surface area contributed by atoms with Gasteiger partial charge in [-0.25, -0.2) is 8.78 Å². The summed E-state index contributed by atoms with van der Waals surface area (Å²) in [5, 5.41) is 25.4. The zero-order valence-corrected chi connectivity index (χ0v) is 7.61. The van der Waals surface area contributed by atoms with Crippen molar-refractivity contribution in [2.45, 2.75) is 18.6 Å². The van der Waals surface area contributed by atoms with E-state index in [1.54, 1.807) is 0 Å². The number of aliphatic hydroxyl groups is 2. The molecule has 1 aliphatic heterocycles. The number of nitrogens with zero attached hydrogens (tertiary/aromatic N) is 1. The summed E-state index contributed by atoms with van der Waals surface area (Å²) >= 11 is 0. The van der Waals surface area contributed by atoms with Gasteiger partial charge in [-0.2, -0.15) is 0 Å². The summed E-state index contributed by atoms with van der Waals surface area (Å²) < 4.78 is 24.8. The molecule has 0 aromatic carbocycles. The topological polar surface area (TPSA) is 67.6 Å². The van der Waals surface area contributed by atoms with Gasteiger partial charge in [-0.15, -0.1) is 0 Å². The van der Waals surface area contributed by atoms with Crippen molar-refractivity contribution in [2.75, 3.05) is 19.6 Å². The van der Waals surface area contributed by atoms with Crippen LogP contribution in [0.25, 0.3) is 0 Å². The predicted octanol–water partition coefficient (Wildman–Crippen LogP) is -0.445. The van der Waals surface area contributed by atoms with Crippen LogP contribution >= 0.6 is 0 Å². The Bertz CT molecular complexity index is 204. The second-order valence-electron chi connectivity index (χ2n) is 3.48. The van der Waals surface area contributed by atoms with Crippen molar-refractivity contribution in [1.82, 2.24) is 4.90 Å². The predicted molar refractivity (Wildman–Crippen MR) is 46.7 cm³/mol. The first-order valence-corrected chi connectivity index (χ1v) is 4.41. The highest BCUT2D eigenvalue weighted by Gasteiger charge is 2.39. The van der Waals surface area contributed by atoms with Gasteiger partial charge in [0.15, 0.2) is 0 Å². The van der Waals surface area contributed by atoms with Crippen LogP contribution in [0, 0.1) is 11.3 Å². The lowest BCUT2D eigenvalue weighted by molar-refractivity contribution is -0.113. The van der Waals surface area contributed by atoms with Gasteiger partial charge in [0, 0.05) is 25.8 Å². The summed E-state index contributed by atoms with van der Waals surface area (Å²) in [6.45, 7) is 0.387. The second kappa shape index (κ2) is 4.77. The van der Waals surface area contributed by atoms with Crippen LogP contribution in [0.1, 0.15) is 0 Å². The van der Waals surface area contributed by atoms with Gasteiger partial charge in [-0.05, 0) is 0 Å². The summed E-state index contributed by atoms with van der Waals surface area (Å²) in [5.41, 5.74) is 0. The highest BCUT2D eigenvalue weighted by atomic mass is 19.3. The van der Waals surface area contributed by atoms with Crippen LogP contribution in [-0.2, 0) is 0 Å². The Labute approximate surface area is 80.7 Å². The fourth-order valence-corrected chi connectivity index (χ4v) is 1.65. The molecule has 82 valence electrons. The number of hydrogen-bond donors (Lipinski definition) is 3. The first-order valence-electron chi connectivity index (χ1n) is 4.41. The van der Waals surface area contributed by atoms with E-state index >= 15 is 0 Å². The molecule has 3 N–H and O–H groups in total. The van der Waals surface area contributed by atoms with Crippen LogP contribution in [0.15, 0.2) is 0 Å². The Morgan fingerprint density at radius 2 is 2.07 bits per heavy atom. The van der Waals surface area contributed by atoms with Crippen molar-refractivity contribution in [3.8, 4) is 0 Å². The van der Waals surface area contributed by atoms with Crippen LogP contribution in [-0.4, -0.2) is 59.6 Å². The molecule has 0 aliphatic carbocycles. The highest BCUT2D eigenvalue weighted by molar-refractivity contribution is 5.55. The van der Waals surface area contributed by atoms with Gasteiger partial charge in [0.1, 0.15) is 0 Å². The molecule has 0 saturated carbocycles. The lowest BCUT2D eigenvalue weighted by Gasteiger charge is -2.38. The van der Waals surface area contributed by atoms with Crippen molar-refractivity contribution in [3.63, 3.8) is 0 Å². The molecule has 3 atom stereocenters. The van der Waals surface area contributed by atoms with Crippen molar-refractivity contribution in [3.05, 3.63) is 0 Å². The fraction of sp³-hybridized carbons (Fsp3) is 0.875. The average Bonchev–Trinajstić information content (AvgIpc) is 2.11. The number of hydrogen-bond acceptors (Lipinski definition) is 4. The third kappa shape index (κ3) is 2.46. The number of alkyl halides is 2. The maximum atomic E-state index is 12.4. The molecular weight excluding hydrogens is 194 g/mol.